The second kappa shape index (κ2) is 11.2. The predicted molar refractivity (Wildman–Crippen MR) is 89.0 cm³/mol. The molecule has 0 aromatic rings. The summed E-state index contributed by atoms with van der Waals surface area (Å²) < 4.78 is 189. The summed E-state index contributed by atoms with van der Waals surface area (Å²) in [6, 6.07) is 0. The van der Waals surface area contributed by atoms with Crippen LogP contribution in [-0.4, -0.2) is 68.5 Å². The average Bonchev–Trinajstić information content (AvgIpc) is 2.59. The van der Waals surface area contributed by atoms with Crippen LogP contribution in [0.25, 0.3) is 0 Å². The SMILES string of the molecule is CCCC[O][Sn]([CH2]C(F)(F)C(F)(F)C(F)(F)F)([CH2]C(F)(F)C(F)(F)C(F)(F)F)[O]CCCC. The molecule has 0 atom stereocenters. The van der Waals surface area contributed by atoms with Crippen LogP contribution in [-0.2, 0) is 6.15 Å². The summed E-state index contributed by atoms with van der Waals surface area (Å²) in [5.74, 6) is -26.0. The molecule has 0 rings (SSSR count). The van der Waals surface area contributed by atoms with E-state index < -0.39 is 77.3 Å². The van der Waals surface area contributed by atoms with Crippen molar-refractivity contribution in [1.29, 1.82) is 0 Å². The minimum absolute atomic E-state index is 0.140. The molecular weight excluding hydrogens is 609 g/mol. The molecular formula is C16H22F14O2Sn. The Kier molecular flexibility index (Phi) is 11.1. The molecule has 0 fully saturated rings. The maximum absolute atomic E-state index is 14.1. The summed E-state index contributed by atoms with van der Waals surface area (Å²) >= 11 is -6.97. The number of hydrogen-bond acceptors (Lipinski definition) is 2. The van der Waals surface area contributed by atoms with Gasteiger partial charge in [-0.2, -0.15) is 0 Å². The van der Waals surface area contributed by atoms with E-state index in [1.54, 1.807) is 0 Å². The summed E-state index contributed by atoms with van der Waals surface area (Å²) in [4.78, 5) is 0. The Labute approximate surface area is 184 Å². The van der Waals surface area contributed by atoms with Crippen LogP contribution >= 0.6 is 0 Å². The Morgan fingerprint density at radius 1 is 0.515 bits per heavy atom. The second-order valence-electron chi connectivity index (χ2n) is 7.22. The third-order valence-electron chi connectivity index (χ3n) is 4.34. The van der Waals surface area contributed by atoms with Crippen LogP contribution in [0.1, 0.15) is 39.5 Å². The van der Waals surface area contributed by atoms with E-state index in [2.05, 4.69) is 0 Å². The van der Waals surface area contributed by atoms with E-state index in [9.17, 15) is 61.5 Å². The second-order valence-corrected chi connectivity index (χ2v) is 16.1. The first kappa shape index (κ1) is 32.7. The molecule has 0 N–H and O–H groups in total. The van der Waals surface area contributed by atoms with Crippen molar-refractivity contribution in [2.24, 2.45) is 0 Å². The fourth-order valence-electron chi connectivity index (χ4n) is 2.43. The van der Waals surface area contributed by atoms with Crippen LogP contribution in [0, 0.1) is 0 Å². The topological polar surface area (TPSA) is 18.5 Å². The van der Waals surface area contributed by atoms with Crippen LogP contribution in [0.3, 0.4) is 0 Å². The van der Waals surface area contributed by atoms with Gasteiger partial charge in [0.2, 0.25) is 0 Å². The number of rotatable bonds is 14. The monoisotopic (exact) mass is 632 g/mol. The van der Waals surface area contributed by atoms with Crippen molar-refractivity contribution < 1.29 is 67.6 Å². The fraction of sp³-hybridized carbons (Fsp3) is 1.00. The Bertz CT molecular complexity index is 551. The zero-order chi connectivity index (χ0) is 26.6. The Morgan fingerprint density at radius 3 is 1.00 bits per heavy atom. The molecule has 0 amide bonds. The van der Waals surface area contributed by atoms with E-state index >= 15 is 0 Å². The Morgan fingerprint density at radius 2 is 0.788 bits per heavy atom. The van der Waals surface area contributed by atoms with Crippen molar-refractivity contribution >= 4 is 19.2 Å². The molecule has 0 radical (unpaired) electrons. The van der Waals surface area contributed by atoms with E-state index in [1.807, 2.05) is 0 Å². The third-order valence-corrected chi connectivity index (χ3v) is 14.1. The van der Waals surface area contributed by atoms with Crippen LogP contribution in [0.4, 0.5) is 61.5 Å². The predicted octanol–water partition coefficient (Wildman–Crippen LogP) is 7.73. The molecule has 2 nitrogen and oxygen atoms in total. The van der Waals surface area contributed by atoms with Gasteiger partial charge in [0, 0.05) is 0 Å². The number of unbranched alkanes of at least 4 members (excludes halogenated alkanes) is 2. The number of alkyl halides is 14. The summed E-state index contributed by atoms with van der Waals surface area (Å²) in [7, 11) is 0. The van der Waals surface area contributed by atoms with Gasteiger partial charge in [0.15, 0.2) is 0 Å². The first-order valence-electron chi connectivity index (χ1n) is 9.46. The molecule has 0 aromatic heterocycles. The molecule has 0 aliphatic heterocycles. The van der Waals surface area contributed by atoms with E-state index in [-0.39, 0.29) is 25.7 Å². The number of halogens is 14. The molecule has 0 aromatic carbocycles. The molecule has 33 heavy (non-hydrogen) atoms. The standard InChI is InChI=1S/2C4H2F7.2C4H9O.Sn/c2*1-2(5,6)3(7,8)4(9,10)11;2*1-2-3-4-5;/h2*1H2;2*2-4H2,1H3;/q;;2*-1;+2. The van der Waals surface area contributed by atoms with Crippen molar-refractivity contribution in [2.75, 3.05) is 13.2 Å². The van der Waals surface area contributed by atoms with E-state index in [1.165, 1.54) is 13.8 Å². The minimum atomic E-state index is -6.97. The molecule has 0 spiro atoms. The molecule has 0 heterocycles. The quantitative estimate of drug-likeness (QED) is 0.111. The van der Waals surface area contributed by atoms with Crippen molar-refractivity contribution in [3.8, 4) is 0 Å². The van der Waals surface area contributed by atoms with Crippen LogP contribution in [0.15, 0.2) is 0 Å². The van der Waals surface area contributed by atoms with E-state index in [0.29, 0.717) is 0 Å². The van der Waals surface area contributed by atoms with E-state index in [4.69, 9.17) is 6.15 Å². The Balaban J connectivity index is 6.54. The maximum atomic E-state index is 14.1. The first-order chi connectivity index (χ1) is 14.5. The molecule has 0 saturated carbocycles. The van der Waals surface area contributed by atoms with Gasteiger partial charge in [-0.3, -0.25) is 0 Å². The summed E-state index contributed by atoms with van der Waals surface area (Å²) in [5.41, 5.74) is 0. The first-order valence-corrected chi connectivity index (χ1v) is 15.8. The van der Waals surface area contributed by atoms with Gasteiger partial charge in [-0.05, 0) is 0 Å². The van der Waals surface area contributed by atoms with Gasteiger partial charge in [0.1, 0.15) is 0 Å². The average molecular weight is 631 g/mol. The van der Waals surface area contributed by atoms with E-state index in [0.717, 1.165) is 0 Å². The van der Waals surface area contributed by atoms with Gasteiger partial charge in [-0.15, -0.1) is 0 Å². The normalized spacial score (nSPS) is 15.3. The van der Waals surface area contributed by atoms with Gasteiger partial charge >= 0.3 is 184 Å². The van der Waals surface area contributed by atoms with Crippen molar-refractivity contribution in [2.45, 2.75) is 84.4 Å². The van der Waals surface area contributed by atoms with Gasteiger partial charge in [-0.1, -0.05) is 0 Å². The van der Waals surface area contributed by atoms with Crippen molar-refractivity contribution in [1.82, 2.24) is 0 Å². The van der Waals surface area contributed by atoms with Crippen LogP contribution in [0.2, 0.25) is 8.87 Å². The van der Waals surface area contributed by atoms with Crippen LogP contribution < -0.4 is 0 Å². The van der Waals surface area contributed by atoms with Gasteiger partial charge in [0.05, 0.1) is 0 Å². The zero-order valence-electron chi connectivity index (χ0n) is 17.3. The summed E-state index contributed by atoms with van der Waals surface area (Å²) in [5, 5.41) is 0. The zero-order valence-corrected chi connectivity index (χ0v) is 20.1. The molecule has 200 valence electrons. The Hall–Kier alpha value is -0.261. The summed E-state index contributed by atoms with van der Waals surface area (Å²) in [6.45, 7) is 1.13. The molecule has 0 aliphatic rings. The van der Waals surface area contributed by atoms with Gasteiger partial charge in [0.25, 0.3) is 0 Å². The van der Waals surface area contributed by atoms with Crippen molar-refractivity contribution in [3.05, 3.63) is 0 Å². The molecule has 0 aliphatic carbocycles. The molecule has 0 saturated heterocycles. The van der Waals surface area contributed by atoms with Crippen LogP contribution in [0.5, 0.6) is 0 Å². The number of hydrogen-bond donors (Lipinski definition) is 0. The fourth-order valence-corrected chi connectivity index (χ4v) is 12.3. The summed E-state index contributed by atoms with van der Waals surface area (Å²) in [6.07, 6.45) is -13.9. The van der Waals surface area contributed by atoms with Gasteiger partial charge in [-0.25, -0.2) is 0 Å². The van der Waals surface area contributed by atoms with Gasteiger partial charge < -0.3 is 0 Å². The molecule has 0 bridgehead atoms. The molecule has 17 heteroatoms. The molecule has 0 unspecified atom stereocenters. The van der Waals surface area contributed by atoms with Crippen molar-refractivity contribution in [3.63, 3.8) is 0 Å². The third kappa shape index (κ3) is 7.87.